The molecular weight excluding hydrogens is 186 g/mol. The standard InChI is InChI=1S/C13H19NO/c1-11-10-15-12(2)8-14(11)9-13-6-4-3-5-7-13/h3-7,11-12H,8-10H2,1-2H3/t11-,12+/m0/s1. The quantitative estimate of drug-likeness (QED) is 0.734. The Balaban J connectivity index is 1.98. The highest BCUT2D eigenvalue weighted by Crippen LogP contribution is 2.14. The second-order valence-corrected chi connectivity index (χ2v) is 4.41. The molecule has 0 radical (unpaired) electrons. The van der Waals surface area contributed by atoms with E-state index in [1.807, 2.05) is 0 Å². The highest BCUT2D eigenvalue weighted by atomic mass is 16.5. The lowest BCUT2D eigenvalue weighted by atomic mass is 10.1. The van der Waals surface area contributed by atoms with Crippen molar-refractivity contribution in [2.24, 2.45) is 0 Å². The largest absolute Gasteiger partial charge is 0.376 e. The van der Waals surface area contributed by atoms with Gasteiger partial charge in [0.2, 0.25) is 0 Å². The van der Waals surface area contributed by atoms with Crippen molar-refractivity contribution in [3.05, 3.63) is 35.9 Å². The van der Waals surface area contributed by atoms with E-state index >= 15 is 0 Å². The fraction of sp³-hybridized carbons (Fsp3) is 0.538. The Bertz CT molecular complexity index is 299. The van der Waals surface area contributed by atoms with E-state index < -0.39 is 0 Å². The third-order valence-electron chi connectivity index (χ3n) is 2.97. The zero-order valence-electron chi connectivity index (χ0n) is 9.52. The summed E-state index contributed by atoms with van der Waals surface area (Å²) in [6.07, 6.45) is 0.366. The molecule has 0 bridgehead atoms. The van der Waals surface area contributed by atoms with E-state index in [0.717, 1.165) is 19.7 Å². The number of rotatable bonds is 2. The molecule has 1 aliphatic rings. The summed E-state index contributed by atoms with van der Waals surface area (Å²) in [4.78, 5) is 2.49. The third kappa shape index (κ3) is 2.80. The Kier molecular flexibility index (Phi) is 3.39. The Labute approximate surface area is 91.9 Å². The van der Waals surface area contributed by atoms with Crippen LogP contribution in [0.15, 0.2) is 30.3 Å². The average molecular weight is 205 g/mol. The Morgan fingerprint density at radius 2 is 2.00 bits per heavy atom. The molecule has 2 nitrogen and oxygen atoms in total. The second kappa shape index (κ2) is 4.77. The van der Waals surface area contributed by atoms with Gasteiger partial charge in [0, 0.05) is 19.1 Å². The molecule has 0 amide bonds. The molecule has 1 aliphatic heterocycles. The summed E-state index contributed by atoms with van der Waals surface area (Å²) >= 11 is 0. The monoisotopic (exact) mass is 205 g/mol. The Hall–Kier alpha value is -0.860. The van der Waals surface area contributed by atoms with E-state index in [2.05, 4.69) is 49.1 Å². The van der Waals surface area contributed by atoms with Crippen molar-refractivity contribution in [1.29, 1.82) is 0 Å². The van der Waals surface area contributed by atoms with Gasteiger partial charge in [0.05, 0.1) is 12.7 Å². The second-order valence-electron chi connectivity index (χ2n) is 4.41. The molecule has 15 heavy (non-hydrogen) atoms. The lowest BCUT2D eigenvalue weighted by molar-refractivity contribution is -0.0526. The van der Waals surface area contributed by atoms with Gasteiger partial charge >= 0.3 is 0 Å². The van der Waals surface area contributed by atoms with Crippen molar-refractivity contribution in [2.45, 2.75) is 32.5 Å². The molecule has 1 aromatic carbocycles. The molecule has 1 aromatic rings. The van der Waals surface area contributed by atoms with Crippen LogP contribution in [0.4, 0.5) is 0 Å². The molecule has 1 heterocycles. The highest BCUT2D eigenvalue weighted by Gasteiger charge is 2.22. The van der Waals surface area contributed by atoms with Crippen LogP contribution in [0, 0.1) is 0 Å². The van der Waals surface area contributed by atoms with Crippen LogP contribution < -0.4 is 0 Å². The van der Waals surface area contributed by atoms with Crippen molar-refractivity contribution in [3.8, 4) is 0 Å². The fourth-order valence-electron chi connectivity index (χ4n) is 2.01. The van der Waals surface area contributed by atoms with Gasteiger partial charge in [-0.2, -0.15) is 0 Å². The van der Waals surface area contributed by atoms with E-state index in [-0.39, 0.29) is 0 Å². The van der Waals surface area contributed by atoms with E-state index in [1.54, 1.807) is 0 Å². The van der Waals surface area contributed by atoms with Crippen LogP contribution in [-0.4, -0.2) is 30.2 Å². The number of benzene rings is 1. The van der Waals surface area contributed by atoms with Gasteiger partial charge in [0.25, 0.3) is 0 Å². The van der Waals surface area contributed by atoms with Crippen LogP contribution in [0.2, 0.25) is 0 Å². The van der Waals surface area contributed by atoms with Gasteiger partial charge in [0.1, 0.15) is 0 Å². The first-order chi connectivity index (χ1) is 7.25. The average Bonchev–Trinajstić information content (AvgIpc) is 2.25. The van der Waals surface area contributed by atoms with Crippen molar-refractivity contribution in [2.75, 3.05) is 13.2 Å². The maximum absolute atomic E-state index is 5.62. The third-order valence-corrected chi connectivity index (χ3v) is 2.97. The first-order valence-corrected chi connectivity index (χ1v) is 5.65. The molecular formula is C13H19NO. The summed E-state index contributed by atoms with van der Waals surface area (Å²) in [5.41, 5.74) is 1.39. The summed E-state index contributed by atoms with van der Waals surface area (Å²) in [6, 6.07) is 11.2. The van der Waals surface area contributed by atoms with Crippen LogP contribution in [0.1, 0.15) is 19.4 Å². The van der Waals surface area contributed by atoms with Gasteiger partial charge in [-0.3, -0.25) is 4.90 Å². The maximum atomic E-state index is 5.62. The normalized spacial score (nSPS) is 27.9. The summed E-state index contributed by atoms with van der Waals surface area (Å²) in [5.74, 6) is 0. The molecule has 2 atom stereocenters. The van der Waals surface area contributed by atoms with Gasteiger partial charge in [-0.05, 0) is 19.4 Å². The summed E-state index contributed by atoms with van der Waals surface area (Å²) in [7, 11) is 0. The number of hydrogen-bond acceptors (Lipinski definition) is 2. The minimum atomic E-state index is 0.366. The molecule has 0 unspecified atom stereocenters. The van der Waals surface area contributed by atoms with Crippen LogP contribution in [0.5, 0.6) is 0 Å². The first kappa shape index (κ1) is 10.7. The van der Waals surface area contributed by atoms with Gasteiger partial charge in [-0.15, -0.1) is 0 Å². The molecule has 0 aliphatic carbocycles. The maximum Gasteiger partial charge on any atom is 0.0674 e. The zero-order valence-corrected chi connectivity index (χ0v) is 9.52. The van der Waals surface area contributed by atoms with Crippen LogP contribution in [0.3, 0.4) is 0 Å². The Morgan fingerprint density at radius 3 is 2.73 bits per heavy atom. The minimum absolute atomic E-state index is 0.366. The molecule has 2 rings (SSSR count). The molecule has 1 fully saturated rings. The fourth-order valence-corrected chi connectivity index (χ4v) is 2.01. The molecule has 1 saturated heterocycles. The molecule has 2 heteroatoms. The summed E-state index contributed by atoms with van der Waals surface area (Å²) in [5, 5.41) is 0. The summed E-state index contributed by atoms with van der Waals surface area (Å²) in [6.45, 7) is 7.30. The van der Waals surface area contributed by atoms with Crippen LogP contribution in [-0.2, 0) is 11.3 Å². The molecule has 0 N–H and O–H groups in total. The molecule has 0 saturated carbocycles. The zero-order chi connectivity index (χ0) is 10.7. The topological polar surface area (TPSA) is 12.5 Å². The lowest BCUT2D eigenvalue weighted by Crippen LogP contribution is -2.46. The molecule has 0 aromatic heterocycles. The number of ether oxygens (including phenoxy) is 1. The first-order valence-electron chi connectivity index (χ1n) is 5.65. The smallest absolute Gasteiger partial charge is 0.0674 e. The van der Waals surface area contributed by atoms with Crippen molar-refractivity contribution in [3.63, 3.8) is 0 Å². The van der Waals surface area contributed by atoms with Gasteiger partial charge < -0.3 is 4.74 Å². The minimum Gasteiger partial charge on any atom is -0.376 e. The van der Waals surface area contributed by atoms with Crippen LogP contribution in [0.25, 0.3) is 0 Å². The van der Waals surface area contributed by atoms with Gasteiger partial charge in [-0.25, -0.2) is 0 Å². The predicted octanol–water partition coefficient (Wildman–Crippen LogP) is 2.30. The van der Waals surface area contributed by atoms with Crippen LogP contribution >= 0.6 is 0 Å². The van der Waals surface area contributed by atoms with Gasteiger partial charge in [0.15, 0.2) is 0 Å². The highest BCUT2D eigenvalue weighted by molar-refractivity contribution is 5.14. The number of hydrogen-bond donors (Lipinski definition) is 0. The Morgan fingerprint density at radius 1 is 1.27 bits per heavy atom. The van der Waals surface area contributed by atoms with E-state index in [1.165, 1.54) is 5.56 Å². The van der Waals surface area contributed by atoms with Gasteiger partial charge in [-0.1, -0.05) is 30.3 Å². The number of nitrogens with zero attached hydrogens (tertiary/aromatic N) is 1. The summed E-state index contributed by atoms with van der Waals surface area (Å²) < 4.78 is 5.62. The van der Waals surface area contributed by atoms with E-state index in [4.69, 9.17) is 4.74 Å². The van der Waals surface area contributed by atoms with Crippen molar-refractivity contribution < 1.29 is 4.74 Å². The van der Waals surface area contributed by atoms with E-state index in [9.17, 15) is 0 Å². The van der Waals surface area contributed by atoms with Crippen molar-refractivity contribution in [1.82, 2.24) is 4.90 Å². The molecule has 0 spiro atoms. The van der Waals surface area contributed by atoms with Crippen molar-refractivity contribution >= 4 is 0 Å². The SMILES string of the molecule is C[C@@H]1CN(Cc2ccccc2)[C@@H](C)CO1. The number of morpholine rings is 1. The lowest BCUT2D eigenvalue weighted by Gasteiger charge is -2.36. The predicted molar refractivity (Wildman–Crippen MR) is 61.7 cm³/mol. The molecule has 82 valence electrons. The van der Waals surface area contributed by atoms with E-state index in [0.29, 0.717) is 12.1 Å².